The Bertz CT molecular complexity index is 331. The van der Waals surface area contributed by atoms with Crippen molar-refractivity contribution in [3.8, 4) is 0 Å². The van der Waals surface area contributed by atoms with Gasteiger partial charge >= 0.3 is 0 Å². The highest BCUT2D eigenvalue weighted by Crippen LogP contribution is 2.14. The molecule has 0 spiro atoms. The lowest BCUT2D eigenvalue weighted by Gasteiger charge is -2.10. The molecule has 0 aliphatic carbocycles. The van der Waals surface area contributed by atoms with Crippen LogP contribution in [-0.2, 0) is 6.42 Å². The predicted octanol–water partition coefficient (Wildman–Crippen LogP) is 3.01. The second-order valence-electron chi connectivity index (χ2n) is 3.73. The summed E-state index contributed by atoms with van der Waals surface area (Å²) in [6, 6.07) is 3.32. The van der Waals surface area contributed by atoms with Gasteiger partial charge in [0.15, 0.2) is 0 Å². The normalized spacial score (nSPS) is 12.8. The summed E-state index contributed by atoms with van der Waals surface area (Å²) < 4.78 is 26.1. The van der Waals surface area contributed by atoms with Crippen LogP contribution in [0.5, 0.6) is 0 Å². The number of aliphatic hydroxyl groups is 1. The van der Waals surface area contributed by atoms with E-state index in [0.717, 1.165) is 30.4 Å². The van der Waals surface area contributed by atoms with Crippen LogP contribution in [-0.4, -0.2) is 23.2 Å². The van der Waals surface area contributed by atoms with Crippen LogP contribution in [0.2, 0.25) is 0 Å². The summed E-state index contributed by atoms with van der Waals surface area (Å²) in [5.74, 6) is 0.0564. The van der Waals surface area contributed by atoms with Crippen LogP contribution in [0.1, 0.15) is 18.4 Å². The highest BCUT2D eigenvalue weighted by atomic mass is 32.2. The fourth-order valence-electron chi connectivity index (χ4n) is 1.52. The van der Waals surface area contributed by atoms with Crippen molar-refractivity contribution in [2.45, 2.75) is 25.4 Å². The SMILES string of the molecule is CSCCCC(O)Cc1cc(F)ccc1F. The average Bonchev–Trinajstić information content (AvgIpc) is 2.24. The fraction of sp³-hybridized carbons (Fsp3) is 0.500. The molecule has 1 nitrogen and oxygen atoms in total. The van der Waals surface area contributed by atoms with Crippen molar-refractivity contribution in [1.82, 2.24) is 0 Å². The molecule has 1 unspecified atom stereocenters. The van der Waals surface area contributed by atoms with Gasteiger partial charge in [0, 0.05) is 6.42 Å². The first-order valence-corrected chi connectivity index (χ1v) is 6.64. The molecule has 4 heteroatoms. The van der Waals surface area contributed by atoms with Crippen molar-refractivity contribution >= 4 is 11.8 Å². The van der Waals surface area contributed by atoms with Crippen molar-refractivity contribution in [3.05, 3.63) is 35.4 Å². The topological polar surface area (TPSA) is 20.2 Å². The molecule has 0 radical (unpaired) electrons. The molecule has 90 valence electrons. The molecule has 1 aromatic carbocycles. The van der Waals surface area contributed by atoms with Crippen molar-refractivity contribution in [3.63, 3.8) is 0 Å². The molecule has 1 aromatic rings. The lowest BCUT2D eigenvalue weighted by atomic mass is 10.0. The summed E-state index contributed by atoms with van der Waals surface area (Å²) in [4.78, 5) is 0. The Kier molecular flexibility index (Phi) is 5.77. The van der Waals surface area contributed by atoms with Gasteiger partial charge in [-0.25, -0.2) is 8.78 Å². The molecular weight excluding hydrogens is 230 g/mol. The summed E-state index contributed by atoms with van der Waals surface area (Å²) in [5, 5.41) is 9.65. The zero-order valence-electron chi connectivity index (χ0n) is 9.25. The van der Waals surface area contributed by atoms with Crippen molar-refractivity contribution in [1.29, 1.82) is 0 Å². The van der Waals surface area contributed by atoms with E-state index in [2.05, 4.69) is 0 Å². The van der Waals surface area contributed by atoms with E-state index in [9.17, 15) is 13.9 Å². The molecule has 16 heavy (non-hydrogen) atoms. The van der Waals surface area contributed by atoms with E-state index in [1.165, 1.54) is 0 Å². The molecule has 0 heterocycles. The third-order valence-electron chi connectivity index (χ3n) is 2.35. The Morgan fingerprint density at radius 1 is 1.38 bits per heavy atom. The molecular formula is C12H16F2OS. The van der Waals surface area contributed by atoms with Crippen LogP contribution in [0.4, 0.5) is 8.78 Å². The number of benzene rings is 1. The van der Waals surface area contributed by atoms with Crippen molar-refractivity contribution < 1.29 is 13.9 Å². The zero-order chi connectivity index (χ0) is 12.0. The molecule has 0 aliphatic rings. The number of thioether (sulfide) groups is 1. The minimum absolute atomic E-state index is 0.179. The molecule has 0 amide bonds. The highest BCUT2D eigenvalue weighted by molar-refractivity contribution is 7.98. The average molecular weight is 246 g/mol. The second-order valence-corrected chi connectivity index (χ2v) is 4.71. The number of halogens is 2. The molecule has 0 fully saturated rings. The smallest absolute Gasteiger partial charge is 0.126 e. The first kappa shape index (κ1) is 13.5. The van der Waals surface area contributed by atoms with Gasteiger partial charge in [-0.05, 0) is 48.6 Å². The van der Waals surface area contributed by atoms with Gasteiger partial charge in [0.05, 0.1) is 6.10 Å². The minimum Gasteiger partial charge on any atom is -0.393 e. The summed E-state index contributed by atoms with van der Waals surface area (Å²) in [6.45, 7) is 0. The number of rotatable bonds is 6. The minimum atomic E-state index is -0.594. The van der Waals surface area contributed by atoms with Gasteiger partial charge in [-0.1, -0.05) is 0 Å². The Balaban J connectivity index is 2.48. The predicted molar refractivity (Wildman–Crippen MR) is 63.7 cm³/mol. The van der Waals surface area contributed by atoms with Gasteiger partial charge in [-0.15, -0.1) is 0 Å². The molecule has 0 saturated carbocycles. The lowest BCUT2D eigenvalue weighted by Crippen LogP contribution is -2.12. The van der Waals surface area contributed by atoms with Crippen LogP contribution >= 0.6 is 11.8 Å². The van der Waals surface area contributed by atoms with E-state index in [1.54, 1.807) is 11.8 Å². The van der Waals surface area contributed by atoms with E-state index >= 15 is 0 Å². The van der Waals surface area contributed by atoms with E-state index < -0.39 is 17.7 Å². The molecule has 0 saturated heterocycles. The van der Waals surface area contributed by atoms with E-state index in [1.807, 2.05) is 6.26 Å². The number of hydrogen-bond donors (Lipinski definition) is 1. The van der Waals surface area contributed by atoms with Gasteiger partial charge in [0.25, 0.3) is 0 Å². The van der Waals surface area contributed by atoms with Crippen LogP contribution in [0.3, 0.4) is 0 Å². The molecule has 1 N–H and O–H groups in total. The van der Waals surface area contributed by atoms with Gasteiger partial charge in [-0.3, -0.25) is 0 Å². The van der Waals surface area contributed by atoms with Crippen LogP contribution in [0.15, 0.2) is 18.2 Å². The molecule has 1 atom stereocenters. The van der Waals surface area contributed by atoms with Crippen LogP contribution in [0, 0.1) is 11.6 Å². The van der Waals surface area contributed by atoms with Gasteiger partial charge in [0.1, 0.15) is 11.6 Å². The van der Waals surface area contributed by atoms with Crippen molar-refractivity contribution in [2.24, 2.45) is 0 Å². The first-order valence-electron chi connectivity index (χ1n) is 5.24. The maximum atomic E-state index is 13.2. The number of aliphatic hydroxyl groups excluding tert-OH is 1. The quantitative estimate of drug-likeness (QED) is 0.779. The summed E-state index contributed by atoms with van der Waals surface area (Å²) in [7, 11) is 0. The Morgan fingerprint density at radius 3 is 2.81 bits per heavy atom. The van der Waals surface area contributed by atoms with Gasteiger partial charge < -0.3 is 5.11 Å². The fourth-order valence-corrected chi connectivity index (χ4v) is 1.97. The van der Waals surface area contributed by atoms with E-state index in [0.29, 0.717) is 6.42 Å². The number of hydrogen-bond acceptors (Lipinski definition) is 2. The summed E-state index contributed by atoms with van der Waals surface area (Å²) >= 11 is 1.71. The largest absolute Gasteiger partial charge is 0.393 e. The lowest BCUT2D eigenvalue weighted by molar-refractivity contribution is 0.163. The maximum Gasteiger partial charge on any atom is 0.126 e. The molecule has 0 bridgehead atoms. The standard InChI is InChI=1S/C12H16F2OS/c1-16-6-2-3-11(15)8-9-7-10(13)4-5-12(9)14/h4-5,7,11,15H,2-3,6,8H2,1H3. The van der Waals surface area contributed by atoms with Crippen LogP contribution in [0.25, 0.3) is 0 Å². The summed E-state index contributed by atoms with van der Waals surface area (Å²) in [6.07, 6.45) is 3.09. The highest BCUT2D eigenvalue weighted by Gasteiger charge is 2.10. The Hall–Kier alpha value is -0.610. The van der Waals surface area contributed by atoms with Crippen molar-refractivity contribution in [2.75, 3.05) is 12.0 Å². The van der Waals surface area contributed by atoms with E-state index in [-0.39, 0.29) is 12.0 Å². The van der Waals surface area contributed by atoms with Gasteiger partial charge in [-0.2, -0.15) is 11.8 Å². The van der Waals surface area contributed by atoms with Crippen LogP contribution < -0.4 is 0 Å². The maximum absolute atomic E-state index is 13.2. The summed E-state index contributed by atoms with van der Waals surface area (Å²) in [5.41, 5.74) is 0.247. The Labute approximate surface area is 98.9 Å². The van der Waals surface area contributed by atoms with Gasteiger partial charge in [0.2, 0.25) is 0 Å². The molecule has 0 aliphatic heterocycles. The third-order valence-corrected chi connectivity index (χ3v) is 3.05. The monoisotopic (exact) mass is 246 g/mol. The molecule has 0 aromatic heterocycles. The molecule has 1 rings (SSSR count). The first-order chi connectivity index (χ1) is 7.63. The van der Waals surface area contributed by atoms with E-state index in [4.69, 9.17) is 0 Å². The Morgan fingerprint density at radius 2 is 2.12 bits per heavy atom. The second kappa shape index (κ2) is 6.86. The zero-order valence-corrected chi connectivity index (χ0v) is 10.1. The third kappa shape index (κ3) is 4.49.